The Morgan fingerprint density at radius 3 is 2.69 bits per heavy atom. The zero-order valence-corrected chi connectivity index (χ0v) is 15.9. The summed E-state index contributed by atoms with van der Waals surface area (Å²) in [7, 11) is 1.57. The van der Waals surface area contributed by atoms with E-state index in [4.69, 9.17) is 0 Å². The number of fused-ring (bicyclic) bond motifs is 1. The molecule has 1 aromatic heterocycles. The van der Waals surface area contributed by atoms with Crippen LogP contribution in [-0.2, 0) is 4.79 Å². The van der Waals surface area contributed by atoms with Crippen molar-refractivity contribution in [1.82, 2.24) is 15.2 Å². The molecule has 3 aromatic rings. The van der Waals surface area contributed by atoms with Gasteiger partial charge in [0.25, 0.3) is 5.91 Å². The average molecular weight is 390 g/mol. The number of anilines is 1. The van der Waals surface area contributed by atoms with Gasteiger partial charge in [-0.3, -0.25) is 9.78 Å². The molecule has 2 N–H and O–H groups in total. The number of carbonyl (C=O) groups excluding carboxylic acids is 2. The van der Waals surface area contributed by atoms with Gasteiger partial charge in [0.15, 0.2) is 0 Å². The molecular weight excluding hydrogens is 371 g/mol. The van der Waals surface area contributed by atoms with Crippen LogP contribution in [0.4, 0.5) is 14.9 Å². The van der Waals surface area contributed by atoms with E-state index >= 15 is 0 Å². The summed E-state index contributed by atoms with van der Waals surface area (Å²) in [6.07, 6.45) is 3.20. The van der Waals surface area contributed by atoms with Crippen molar-refractivity contribution in [2.75, 3.05) is 12.4 Å². The molecule has 1 atom stereocenters. The van der Waals surface area contributed by atoms with E-state index in [0.717, 1.165) is 16.5 Å². The summed E-state index contributed by atoms with van der Waals surface area (Å²) in [6, 6.07) is 12.2. The van der Waals surface area contributed by atoms with E-state index in [1.54, 1.807) is 25.4 Å². The number of amides is 3. The molecule has 0 spiro atoms. The van der Waals surface area contributed by atoms with Crippen LogP contribution in [0.25, 0.3) is 10.9 Å². The number of benzene rings is 2. The quantitative estimate of drug-likeness (QED) is 0.712. The number of pyridine rings is 1. The van der Waals surface area contributed by atoms with Gasteiger partial charge in [0.2, 0.25) is 0 Å². The zero-order valence-electron chi connectivity index (χ0n) is 15.9. The fraction of sp³-hybridized carbons (Fsp3) is 0.136. The van der Waals surface area contributed by atoms with Crippen molar-refractivity contribution in [1.29, 1.82) is 0 Å². The van der Waals surface area contributed by atoms with E-state index in [1.165, 1.54) is 23.2 Å². The molecule has 3 amide bonds. The molecule has 4 rings (SSSR count). The molecule has 0 saturated carbocycles. The summed E-state index contributed by atoms with van der Waals surface area (Å²) < 4.78 is 13.3. The third-order valence-corrected chi connectivity index (χ3v) is 4.93. The van der Waals surface area contributed by atoms with E-state index in [9.17, 15) is 14.0 Å². The molecule has 2 aromatic carbocycles. The number of halogens is 1. The van der Waals surface area contributed by atoms with Crippen LogP contribution in [0.1, 0.15) is 17.2 Å². The second kappa shape index (κ2) is 7.35. The van der Waals surface area contributed by atoms with Crippen molar-refractivity contribution in [3.63, 3.8) is 0 Å². The normalized spacial score (nSPS) is 16.4. The zero-order chi connectivity index (χ0) is 20.5. The van der Waals surface area contributed by atoms with Gasteiger partial charge in [-0.2, -0.15) is 0 Å². The van der Waals surface area contributed by atoms with Crippen LogP contribution in [0.2, 0.25) is 0 Å². The van der Waals surface area contributed by atoms with E-state index in [0.29, 0.717) is 16.8 Å². The topological polar surface area (TPSA) is 74.3 Å². The Morgan fingerprint density at radius 2 is 1.93 bits per heavy atom. The molecule has 7 heteroatoms. The van der Waals surface area contributed by atoms with Crippen molar-refractivity contribution < 1.29 is 14.0 Å². The van der Waals surface area contributed by atoms with Crippen molar-refractivity contribution >= 4 is 28.5 Å². The predicted molar refractivity (Wildman–Crippen MR) is 109 cm³/mol. The minimum Gasteiger partial charge on any atom is -0.327 e. The molecule has 0 saturated heterocycles. The lowest BCUT2D eigenvalue weighted by Gasteiger charge is -2.30. The Bertz CT molecular complexity index is 1140. The molecule has 0 radical (unpaired) electrons. The third-order valence-electron chi connectivity index (χ3n) is 4.93. The molecule has 1 aliphatic rings. The van der Waals surface area contributed by atoms with Crippen molar-refractivity contribution in [2.45, 2.75) is 13.0 Å². The standard InChI is InChI=1S/C22H19FN4O2/c1-13-5-10-18-16(4-3-11-24-18)19(13)25-21(28)17-12-27(2)22(29)26-20(17)14-6-8-15(23)9-7-14/h3-12,20H,1-2H3,(H,25,28)(H,26,29). The van der Waals surface area contributed by atoms with Crippen LogP contribution >= 0.6 is 0 Å². The minimum atomic E-state index is -0.687. The van der Waals surface area contributed by atoms with Crippen LogP contribution in [-0.4, -0.2) is 28.9 Å². The fourth-order valence-electron chi connectivity index (χ4n) is 3.37. The van der Waals surface area contributed by atoms with Gasteiger partial charge in [-0.15, -0.1) is 0 Å². The average Bonchev–Trinajstić information content (AvgIpc) is 2.72. The van der Waals surface area contributed by atoms with Gasteiger partial charge in [-0.1, -0.05) is 18.2 Å². The molecule has 0 bridgehead atoms. The number of carbonyl (C=O) groups is 2. The Kier molecular flexibility index (Phi) is 4.72. The summed E-state index contributed by atoms with van der Waals surface area (Å²) in [6.45, 7) is 1.91. The first-order valence-corrected chi connectivity index (χ1v) is 9.10. The number of hydrogen-bond acceptors (Lipinski definition) is 3. The van der Waals surface area contributed by atoms with Crippen molar-refractivity contribution in [2.24, 2.45) is 0 Å². The van der Waals surface area contributed by atoms with E-state index in [2.05, 4.69) is 15.6 Å². The summed E-state index contributed by atoms with van der Waals surface area (Å²) >= 11 is 0. The predicted octanol–water partition coefficient (Wildman–Crippen LogP) is 3.90. The number of aromatic nitrogens is 1. The number of hydrogen-bond donors (Lipinski definition) is 2. The highest BCUT2D eigenvalue weighted by Crippen LogP contribution is 2.30. The lowest BCUT2D eigenvalue weighted by atomic mass is 9.96. The number of nitrogens with one attached hydrogen (secondary N) is 2. The first-order chi connectivity index (χ1) is 13.9. The summed E-state index contributed by atoms with van der Waals surface area (Å²) in [5, 5.41) is 6.59. The second-order valence-corrected chi connectivity index (χ2v) is 6.91. The van der Waals surface area contributed by atoms with Gasteiger partial charge in [0.1, 0.15) is 5.82 Å². The van der Waals surface area contributed by atoms with Gasteiger partial charge in [-0.05, 0) is 48.4 Å². The van der Waals surface area contributed by atoms with Crippen molar-refractivity contribution in [3.8, 4) is 0 Å². The van der Waals surface area contributed by atoms with E-state index in [-0.39, 0.29) is 17.8 Å². The molecule has 0 fully saturated rings. The molecule has 29 heavy (non-hydrogen) atoms. The van der Waals surface area contributed by atoms with E-state index < -0.39 is 6.04 Å². The highest BCUT2D eigenvalue weighted by Gasteiger charge is 2.31. The van der Waals surface area contributed by atoms with Gasteiger partial charge < -0.3 is 15.5 Å². The monoisotopic (exact) mass is 390 g/mol. The summed E-state index contributed by atoms with van der Waals surface area (Å²) in [4.78, 5) is 31.0. The molecule has 6 nitrogen and oxygen atoms in total. The first kappa shape index (κ1) is 18.6. The summed E-state index contributed by atoms with van der Waals surface area (Å²) in [5.41, 5.74) is 3.29. The van der Waals surface area contributed by atoms with Gasteiger partial charge in [0, 0.05) is 24.8 Å². The smallest absolute Gasteiger partial charge is 0.321 e. The fourth-order valence-corrected chi connectivity index (χ4v) is 3.37. The highest BCUT2D eigenvalue weighted by molar-refractivity contribution is 6.10. The maximum absolute atomic E-state index is 13.3. The van der Waals surface area contributed by atoms with Crippen LogP contribution in [0, 0.1) is 12.7 Å². The number of rotatable bonds is 3. The van der Waals surface area contributed by atoms with Gasteiger partial charge in [0.05, 0.1) is 22.8 Å². The maximum Gasteiger partial charge on any atom is 0.321 e. The Labute approximate surface area is 167 Å². The van der Waals surface area contributed by atoms with Gasteiger partial charge >= 0.3 is 6.03 Å². The minimum absolute atomic E-state index is 0.346. The van der Waals surface area contributed by atoms with Crippen LogP contribution < -0.4 is 10.6 Å². The number of aryl methyl sites for hydroxylation is 1. The van der Waals surface area contributed by atoms with Gasteiger partial charge in [-0.25, -0.2) is 9.18 Å². The number of nitrogens with zero attached hydrogens (tertiary/aromatic N) is 2. The Morgan fingerprint density at radius 1 is 1.17 bits per heavy atom. The van der Waals surface area contributed by atoms with Crippen LogP contribution in [0.3, 0.4) is 0 Å². The maximum atomic E-state index is 13.3. The molecule has 1 unspecified atom stereocenters. The van der Waals surface area contributed by atoms with E-state index in [1.807, 2.05) is 31.2 Å². The molecule has 2 heterocycles. The molecular formula is C22H19FN4O2. The number of urea groups is 1. The van der Waals surface area contributed by atoms with Crippen molar-refractivity contribution in [3.05, 3.63) is 83.4 Å². The lowest BCUT2D eigenvalue weighted by Crippen LogP contribution is -2.44. The highest BCUT2D eigenvalue weighted by atomic mass is 19.1. The largest absolute Gasteiger partial charge is 0.327 e. The molecule has 146 valence electrons. The molecule has 1 aliphatic heterocycles. The second-order valence-electron chi connectivity index (χ2n) is 6.91. The SMILES string of the molecule is Cc1ccc2ncccc2c1NC(=O)C1=CN(C)C(=O)NC1c1ccc(F)cc1. The lowest BCUT2D eigenvalue weighted by molar-refractivity contribution is -0.113. The third kappa shape index (κ3) is 3.54. The van der Waals surface area contributed by atoms with Crippen LogP contribution in [0.5, 0.6) is 0 Å². The Balaban J connectivity index is 1.72. The molecule has 0 aliphatic carbocycles. The first-order valence-electron chi connectivity index (χ1n) is 9.10. The summed E-state index contributed by atoms with van der Waals surface area (Å²) in [5.74, 6) is -0.743. The van der Waals surface area contributed by atoms with Crippen LogP contribution in [0.15, 0.2) is 66.5 Å². The Hall–Kier alpha value is -3.74.